The van der Waals surface area contributed by atoms with Crippen LogP contribution in [0.25, 0.3) is 11.2 Å². The predicted octanol–water partition coefficient (Wildman–Crippen LogP) is -0.0198. The van der Waals surface area contributed by atoms with Gasteiger partial charge in [0, 0.05) is 13.5 Å². The van der Waals surface area contributed by atoms with Crippen molar-refractivity contribution in [3.05, 3.63) is 12.7 Å². The van der Waals surface area contributed by atoms with Crippen LogP contribution in [0.1, 0.15) is 12.5 Å². The van der Waals surface area contributed by atoms with Crippen molar-refractivity contribution in [2.45, 2.75) is 18.6 Å². The van der Waals surface area contributed by atoms with E-state index >= 15 is 0 Å². The van der Waals surface area contributed by atoms with Gasteiger partial charge in [-0.25, -0.2) is 15.0 Å². The van der Waals surface area contributed by atoms with Crippen molar-refractivity contribution < 1.29 is 9.84 Å². The Morgan fingerprint density at radius 2 is 2.32 bits per heavy atom. The van der Waals surface area contributed by atoms with E-state index in [2.05, 4.69) is 20.9 Å². The molecule has 3 N–H and O–H groups in total. The quantitative estimate of drug-likeness (QED) is 0.734. The van der Waals surface area contributed by atoms with Crippen LogP contribution in [0, 0.1) is 12.3 Å². The number of hydrogen-bond acceptors (Lipinski definition) is 6. The highest BCUT2D eigenvalue weighted by atomic mass is 16.5. The number of imidazole rings is 1. The van der Waals surface area contributed by atoms with Gasteiger partial charge in [-0.1, -0.05) is 5.92 Å². The molecule has 0 radical (unpaired) electrons. The number of aliphatic hydroxyl groups excluding tert-OH is 1. The Labute approximate surface area is 110 Å². The summed E-state index contributed by atoms with van der Waals surface area (Å²) in [6.07, 6.45) is 8.60. The summed E-state index contributed by atoms with van der Waals surface area (Å²) in [5, 5.41) is 9.16. The maximum atomic E-state index is 9.16. The van der Waals surface area contributed by atoms with Gasteiger partial charge in [-0.3, -0.25) is 0 Å². The number of fused-ring (bicyclic) bond motifs is 1. The highest BCUT2D eigenvalue weighted by Gasteiger charge is 2.18. The molecule has 0 bridgehead atoms. The molecule has 2 aromatic heterocycles. The van der Waals surface area contributed by atoms with Crippen molar-refractivity contribution in [1.29, 1.82) is 0 Å². The van der Waals surface area contributed by atoms with Gasteiger partial charge in [-0.05, 0) is 0 Å². The summed E-state index contributed by atoms with van der Waals surface area (Å²) in [5.74, 6) is 2.96. The normalized spacial score (nSPS) is 14.2. The fourth-order valence-corrected chi connectivity index (χ4v) is 1.85. The molecule has 0 aliphatic heterocycles. The zero-order chi connectivity index (χ0) is 13.8. The molecule has 0 aromatic carbocycles. The van der Waals surface area contributed by atoms with E-state index < -0.39 is 0 Å². The Kier molecular flexibility index (Phi) is 3.94. The van der Waals surface area contributed by atoms with Gasteiger partial charge in [0.15, 0.2) is 11.5 Å². The predicted molar refractivity (Wildman–Crippen MR) is 70.1 cm³/mol. The first-order valence-electron chi connectivity index (χ1n) is 5.74. The van der Waals surface area contributed by atoms with Gasteiger partial charge in [0.2, 0.25) is 0 Å². The summed E-state index contributed by atoms with van der Waals surface area (Å²) in [5.41, 5.74) is 6.81. The minimum Gasteiger partial charge on any atom is -0.394 e. The Morgan fingerprint density at radius 3 is 2.95 bits per heavy atom. The second-order valence-electron chi connectivity index (χ2n) is 4.04. The number of hydrogen-bond donors (Lipinski definition) is 2. The Hall–Kier alpha value is -2.17. The molecule has 0 fully saturated rings. The molecular formula is C12H15N5O2. The second-order valence-corrected chi connectivity index (χ2v) is 4.04. The van der Waals surface area contributed by atoms with E-state index in [9.17, 15) is 0 Å². The van der Waals surface area contributed by atoms with Crippen LogP contribution in [-0.2, 0) is 4.74 Å². The number of rotatable bonds is 5. The fourth-order valence-electron chi connectivity index (χ4n) is 1.85. The summed E-state index contributed by atoms with van der Waals surface area (Å²) in [6, 6.07) is -0.323. The number of nitrogens with two attached hydrogens (primary N) is 1. The van der Waals surface area contributed by atoms with Gasteiger partial charge in [0.25, 0.3) is 0 Å². The molecule has 0 aliphatic carbocycles. The molecule has 2 heterocycles. The topological polar surface area (TPSA) is 99.1 Å². The molecule has 0 aliphatic rings. The van der Waals surface area contributed by atoms with Crippen molar-refractivity contribution >= 4 is 17.0 Å². The van der Waals surface area contributed by atoms with Crippen molar-refractivity contribution in [2.75, 3.05) is 19.5 Å². The van der Waals surface area contributed by atoms with E-state index in [0.717, 1.165) is 0 Å². The van der Waals surface area contributed by atoms with Crippen LogP contribution in [0.3, 0.4) is 0 Å². The third kappa shape index (κ3) is 2.50. The van der Waals surface area contributed by atoms with Gasteiger partial charge in [-0.2, -0.15) is 0 Å². The lowest BCUT2D eigenvalue weighted by Crippen LogP contribution is -2.21. The lowest BCUT2D eigenvalue weighted by Gasteiger charge is -2.18. The average molecular weight is 261 g/mol. The first-order chi connectivity index (χ1) is 9.21. The number of nitrogen functional groups attached to an aromatic ring is 1. The first-order valence-corrected chi connectivity index (χ1v) is 5.74. The molecule has 2 atom stereocenters. The van der Waals surface area contributed by atoms with Gasteiger partial charge >= 0.3 is 0 Å². The zero-order valence-electron chi connectivity index (χ0n) is 10.5. The largest absolute Gasteiger partial charge is 0.394 e. The monoisotopic (exact) mass is 261 g/mol. The van der Waals surface area contributed by atoms with E-state index in [1.54, 1.807) is 10.9 Å². The van der Waals surface area contributed by atoms with Crippen LogP contribution in [0.15, 0.2) is 12.7 Å². The smallest absolute Gasteiger partial charge is 0.166 e. The molecule has 19 heavy (non-hydrogen) atoms. The number of ether oxygens (including phenoxy) is 1. The molecule has 100 valence electrons. The Bertz CT molecular complexity index is 600. The maximum Gasteiger partial charge on any atom is 0.166 e. The summed E-state index contributed by atoms with van der Waals surface area (Å²) >= 11 is 0. The summed E-state index contributed by atoms with van der Waals surface area (Å²) in [7, 11) is 1.53. The summed E-state index contributed by atoms with van der Waals surface area (Å²) < 4.78 is 6.86. The number of terminal acetylenes is 1. The van der Waals surface area contributed by atoms with Gasteiger partial charge < -0.3 is 20.1 Å². The fraction of sp³-hybridized carbons (Fsp3) is 0.417. The van der Waals surface area contributed by atoms with Crippen LogP contribution in [0.5, 0.6) is 0 Å². The molecule has 0 saturated carbocycles. The SMILES string of the molecule is C#C[C@@H](CC(CO)OC)n1cnc2c(N)ncnc21. The number of anilines is 1. The van der Waals surface area contributed by atoms with Gasteiger partial charge in [-0.15, -0.1) is 6.42 Å². The molecule has 0 saturated heterocycles. The first kappa shape index (κ1) is 13.3. The molecule has 2 aromatic rings. The Morgan fingerprint density at radius 1 is 1.53 bits per heavy atom. The summed E-state index contributed by atoms with van der Waals surface area (Å²) in [6.45, 7) is -0.0988. The van der Waals surface area contributed by atoms with E-state index in [0.29, 0.717) is 23.4 Å². The number of aliphatic hydroxyl groups is 1. The number of methoxy groups -OCH3 is 1. The van der Waals surface area contributed by atoms with Gasteiger partial charge in [0.1, 0.15) is 11.8 Å². The minimum atomic E-state index is -0.335. The van der Waals surface area contributed by atoms with Crippen LogP contribution >= 0.6 is 0 Å². The van der Waals surface area contributed by atoms with Crippen molar-refractivity contribution in [3.63, 3.8) is 0 Å². The third-order valence-electron chi connectivity index (χ3n) is 2.94. The molecular weight excluding hydrogens is 246 g/mol. The molecule has 0 amide bonds. The standard InChI is InChI=1S/C12H15N5O2/c1-3-8(4-9(5-18)19-2)17-7-16-10-11(13)14-6-15-12(10)17/h1,6-9,18H,4-5H2,2H3,(H2,13,14,15)/t8-,9?/m0/s1. The molecule has 0 spiro atoms. The highest BCUT2D eigenvalue weighted by Crippen LogP contribution is 2.21. The maximum absolute atomic E-state index is 9.16. The van der Waals surface area contributed by atoms with E-state index in [-0.39, 0.29) is 18.8 Å². The Balaban J connectivity index is 2.37. The highest BCUT2D eigenvalue weighted by molar-refractivity contribution is 5.81. The van der Waals surface area contributed by atoms with Crippen LogP contribution in [0.4, 0.5) is 5.82 Å². The zero-order valence-corrected chi connectivity index (χ0v) is 10.5. The van der Waals surface area contributed by atoms with Crippen LogP contribution < -0.4 is 5.73 Å². The van der Waals surface area contributed by atoms with Crippen molar-refractivity contribution in [3.8, 4) is 12.3 Å². The second kappa shape index (κ2) is 5.65. The van der Waals surface area contributed by atoms with Crippen molar-refractivity contribution in [1.82, 2.24) is 19.5 Å². The van der Waals surface area contributed by atoms with Crippen LogP contribution in [0.2, 0.25) is 0 Å². The average Bonchev–Trinajstić information content (AvgIpc) is 2.86. The van der Waals surface area contributed by atoms with E-state index in [1.807, 2.05) is 0 Å². The third-order valence-corrected chi connectivity index (χ3v) is 2.94. The molecule has 1 unspecified atom stereocenters. The van der Waals surface area contributed by atoms with Crippen LogP contribution in [-0.4, -0.2) is 44.4 Å². The van der Waals surface area contributed by atoms with E-state index in [4.69, 9.17) is 22.0 Å². The number of aromatic nitrogens is 4. The summed E-state index contributed by atoms with van der Waals surface area (Å²) in [4.78, 5) is 12.2. The molecule has 7 heteroatoms. The minimum absolute atomic E-state index is 0.0988. The van der Waals surface area contributed by atoms with Gasteiger partial charge in [0.05, 0.1) is 25.1 Å². The van der Waals surface area contributed by atoms with E-state index in [1.165, 1.54) is 13.4 Å². The number of nitrogens with zero attached hydrogens (tertiary/aromatic N) is 4. The molecule has 7 nitrogen and oxygen atoms in total. The lowest BCUT2D eigenvalue weighted by molar-refractivity contribution is 0.0377. The van der Waals surface area contributed by atoms with Crippen molar-refractivity contribution in [2.24, 2.45) is 0 Å². The lowest BCUT2D eigenvalue weighted by atomic mass is 10.1. The molecule has 2 rings (SSSR count).